The number of carbonyl (C=O) groups excluding carboxylic acids is 2. The summed E-state index contributed by atoms with van der Waals surface area (Å²) >= 11 is 0. The second-order valence-corrected chi connectivity index (χ2v) is 8.07. The number of hydrogen-bond acceptors (Lipinski definition) is 6. The molecule has 32 heavy (non-hydrogen) atoms. The average molecular weight is 449 g/mol. The highest BCUT2D eigenvalue weighted by Crippen LogP contribution is 2.19. The fourth-order valence-corrected chi connectivity index (χ4v) is 3.07. The molecule has 1 fully saturated rings. The lowest BCUT2D eigenvalue weighted by Crippen LogP contribution is -2.32. The molecule has 8 nitrogen and oxygen atoms in total. The van der Waals surface area contributed by atoms with Crippen molar-refractivity contribution in [3.05, 3.63) is 65.7 Å². The quantitative estimate of drug-likeness (QED) is 0.484. The van der Waals surface area contributed by atoms with E-state index in [2.05, 4.69) is 10.6 Å². The van der Waals surface area contributed by atoms with Crippen LogP contribution in [0.3, 0.4) is 0 Å². The number of amides is 2. The van der Waals surface area contributed by atoms with Gasteiger partial charge in [-0.3, -0.25) is 9.59 Å². The highest BCUT2D eigenvalue weighted by Gasteiger charge is 2.26. The van der Waals surface area contributed by atoms with Crippen LogP contribution in [-0.2, 0) is 4.74 Å². The molecule has 178 valence electrons. The number of nitrogens with one attached hydrogen (secondary N) is 2. The molecule has 8 heteroatoms. The smallest absolute Gasteiger partial charge is 0.251 e. The van der Waals surface area contributed by atoms with Crippen LogP contribution in [0.4, 0.5) is 0 Å². The average Bonchev–Trinajstić information content (AvgIpc) is 3.23. The lowest BCUT2D eigenvalue weighted by Gasteiger charge is -2.12. The Balaban J connectivity index is 0.00000141. The Hall–Kier alpha value is -2.94. The van der Waals surface area contributed by atoms with E-state index >= 15 is 0 Å². The molecule has 0 aliphatic carbocycles. The van der Waals surface area contributed by atoms with Crippen molar-refractivity contribution in [1.29, 1.82) is 0 Å². The van der Waals surface area contributed by atoms with E-state index in [0.717, 1.165) is 6.42 Å². The van der Waals surface area contributed by atoms with Crippen LogP contribution < -0.4 is 15.4 Å². The fourth-order valence-electron chi connectivity index (χ4n) is 3.07. The van der Waals surface area contributed by atoms with E-state index in [-0.39, 0.29) is 26.7 Å². The zero-order valence-electron chi connectivity index (χ0n) is 18.7. The van der Waals surface area contributed by atoms with Crippen molar-refractivity contribution in [2.45, 2.75) is 32.2 Å². The predicted octanol–water partition coefficient (Wildman–Crippen LogP) is 2.46. The topological polar surface area (TPSA) is 117 Å². The van der Waals surface area contributed by atoms with E-state index in [1.54, 1.807) is 43.5 Å². The van der Waals surface area contributed by atoms with Crippen molar-refractivity contribution in [3.63, 3.8) is 0 Å². The summed E-state index contributed by atoms with van der Waals surface area (Å²) in [4.78, 5) is 24.3. The number of hydrogen-bond donors (Lipinski definition) is 4. The van der Waals surface area contributed by atoms with Crippen molar-refractivity contribution >= 4 is 11.8 Å². The molecule has 0 bridgehead atoms. The summed E-state index contributed by atoms with van der Waals surface area (Å²) < 4.78 is 10.9. The Morgan fingerprint density at radius 1 is 1.03 bits per heavy atom. The van der Waals surface area contributed by atoms with Gasteiger partial charge in [0.2, 0.25) is 0 Å². The van der Waals surface area contributed by atoms with Crippen LogP contribution in [0.1, 0.15) is 43.8 Å². The van der Waals surface area contributed by atoms with Crippen molar-refractivity contribution < 1.29 is 32.1 Å². The van der Waals surface area contributed by atoms with Crippen LogP contribution in [0.15, 0.2) is 54.6 Å². The second kappa shape index (κ2) is 12.2. The summed E-state index contributed by atoms with van der Waals surface area (Å²) in [6.45, 7) is 4.18. The van der Waals surface area contributed by atoms with Gasteiger partial charge in [0.15, 0.2) is 5.79 Å². The molecule has 0 saturated carbocycles. The number of rotatable bonds is 7. The molecule has 0 radical (unpaired) electrons. The van der Waals surface area contributed by atoms with Gasteiger partial charge in [0.05, 0.1) is 19.8 Å². The Bertz CT molecular complexity index is 871. The second-order valence-electron chi connectivity index (χ2n) is 8.07. The number of ether oxygens (including phenoxy) is 2. The van der Waals surface area contributed by atoms with E-state index in [4.69, 9.17) is 19.7 Å². The molecule has 2 aromatic rings. The first-order chi connectivity index (χ1) is 15.2. The predicted molar refractivity (Wildman–Crippen MR) is 125 cm³/mol. The first-order valence-electron chi connectivity index (χ1n) is 10.5. The number of benzene rings is 2. The Morgan fingerprint density at radius 2 is 1.62 bits per heavy atom. The Labute approximate surface area is 191 Å². The van der Waals surface area contributed by atoms with Crippen LogP contribution in [0.5, 0.6) is 5.75 Å². The third kappa shape index (κ3) is 9.47. The van der Waals surface area contributed by atoms with Crippen molar-refractivity contribution in [2.75, 3.05) is 26.8 Å². The molecular formula is C24H36N2O6. The van der Waals surface area contributed by atoms with Gasteiger partial charge in [-0.25, -0.2) is 0 Å². The Kier molecular flexibility index (Phi) is 9.64. The van der Waals surface area contributed by atoms with Crippen molar-refractivity contribution in [2.24, 2.45) is 5.92 Å². The van der Waals surface area contributed by atoms with Gasteiger partial charge in [0, 0.05) is 33.0 Å². The maximum absolute atomic E-state index is 12.2. The molecule has 1 aliphatic heterocycles. The first kappa shape index (κ1) is 25.3. The van der Waals surface area contributed by atoms with Gasteiger partial charge in [0.1, 0.15) is 5.75 Å². The molecule has 4 N–H and O–H groups in total. The Morgan fingerprint density at radius 3 is 2.28 bits per heavy atom. The van der Waals surface area contributed by atoms with E-state index in [0.29, 0.717) is 36.6 Å². The molecular weight excluding hydrogens is 412 g/mol. The minimum absolute atomic E-state index is 0. The SMILES string of the molecule is CC(C)(O)O.COc1cccc(C(=O)NC[C@@H]2C[C@H](CNC(=O)c3ccccc3)CO2)c1.[HH].[HH]. The van der Waals surface area contributed by atoms with Crippen LogP contribution in [0.25, 0.3) is 0 Å². The molecule has 1 saturated heterocycles. The maximum Gasteiger partial charge on any atom is 0.251 e. The highest BCUT2D eigenvalue weighted by molar-refractivity contribution is 5.94. The lowest BCUT2D eigenvalue weighted by molar-refractivity contribution is -0.127. The molecule has 2 atom stereocenters. The van der Waals surface area contributed by atoms with Crippen molar-refractivity contribution in [3.8, 4) is 5.75 Å². The number of methoxy groups -OCH3 is 1. The van der Waals surface area contributed by atoms with Crippen LogP contribution in [-0.4, -0.2) is 60.7 Å². The molecule has 3 rings (SSSR count). The van der Waals surface area contributed by atoms with E-state index in [1.807, 2.05) is 18.2 Å². The summed E-state index contributed by atoms with van der Waals surface area (Å²) in [7, 11) is 1.57. The zero-order chi connectivity index (χ0) is 23.6. The molecule has 0 spiro atoms. The largest absolute Gasteiger partial charge is 0.497 e. The maximum atomic E-state index is 12.2. The highest BCUT2D eigenvalue weighted by atomic mass is 16.5. The van der Waals surface area contributed by atoms with E-state index < -0.39 is 5.79 Å². The third-order valence-electron chi connectivity index (χ3n) is 4.57. The van der Waals surface area contributed by atoms with Crippen LogP contribution in [0.2, 0.25) is 0 Å². The number of aliphatic hydroxyl groups is 2. The van der Waals surface area contributed by atoms with Crippen molar-refractivity contribution in [1.82, 2.24) is 10.6 Å². The molecule has 0 unspecified atom stereocenters. The molecule has 1 heterocycles. The van der Waals surface area contributed by atoms with Gasteiger partial charge in [-0.1, -0.05) is 24.3 Å². The minimum atomic E-state index is -1.50. The fraction of sp³-hybridized carbons (Fsp3) is 0.417. The standard InChI is InChI=1S/C21H24N2O4.C3H8O2.2H2/c1-26-18-9-5-8-17(11-18)21(25)23-13-19-10-15(14-27-19)12-22-20(24)16-6-3-2-4-7-16;1-3(2,4)5;;/h2-9,11,15,19H,10,12-14H2,1H3,(H,22,24)(H,23,25);4-5H,1-2H3;2*1H/t15-,19+;;;/m1.../s1. The zero-order valence-corrected chi connectivity index (χ0v) is 18.7. The van der Waals surface area contributed by atoms with Crippen LogP contribution >= 0.6 is 0 Å². The molecule has 0 aromatic heterocycles. The van der Waals surface area contributed by atoms with Gasteiger partial charge in [-0.05, 0) is 50.6 Å². The summed E-state index contributed by atoms with van der Waals surface area (Å²) in [5.41, 5.74) is 1.21. The summed E-state index contributed by atoms with van der Waals surface area (Å²) in [6.07, 6.45) is 0.756. The lowest BCUT2D eigenvalue weighted by atomic mass is 10.1. The van der Waals surface area contributed by atoms with Gasteiger partial charge in [-0.15, -0.1) is 0 Å². The summed E-state index contributed by atoms with van der Waals surface area (Å²) in [5.74, 6) is -0.839. The van der Waals surface area contributed by atoms with Crippen LogP contribution in [0, 0.1) is 5.92 Å². The third-order valence-corrected chi connectivity index (χ3v) is 4.57. The van der Waals surface area contributed by atoms with E-state index in [1.165, 1.54) is 13.8 Å². The van der Waals surface area contributed by atoms with E-state index in [9.17, 15) is 9.59 Å². The van der Waals surface area contributed by atoms with Gasteiger partial charge < -0.3 is 30.3 Å². The normalized spacial score (nSPS) is 17.7. The van der Waals surface area contributed by atoms with Gasteiger partial charge in [0.25, 0.3) is 11.8 Å². The first-order valence-corrected chi connectivity index (χ1v) is 10.5. The summed E-state index contributed by atoms with van der Waals surface area (Å²) in [5, 5.41) is 22.0. The molecule has 1 aliphatic rings. The van der Waals surface area contributed by atoms with Gasteiger partial charge >= 0.3 is 0 Å². The molecule has 2 amide bonds. The summed E-state index contributed by atoms with van der Waals surface area (Å²) in [6, 6.07) is 16.2. The molecule has 2 aromatic carbocycles. The minimum Gasteiger partial charge on any atom is -0.497 e. The van der Waals surface area contributed by atoms with Gasteiger partial charge in [-0.2, -0.15) is 0 Å². The number of carbonyl (C=O) groups is 2. The monoisotopic (exact) mass is 448 g/mol.